The summed E-state index contributed by atoms with van der Waals surface area (Å²) in [4.78, 5) is 17.5. The standard InChI is InChI=1S/C24H24N4O2S/c1-24(2,3)18-11-8-16(9-12-18)10-13-21(29)25-22-26-23-28(27-22)20(15-31-23)17-6-5-7-19(14-17)30-4/h5-15H,1-4H3,(H,25,27,29)/b13-10+. The summed E-state index contributed by atoms with van der Waals surface area (Å²) < 4.78 is 7.03. The minimum absolute atomic E-state index is 0.100. The number of carbonyl (C=O) groups is 1. The highest BCUT2D eigenvalue weighted by Gasteiger charge is 2.14. The molecule has 0 aliphatic carbocycles. The minimum Gasteiger partial charge on any atom is -0.497 e. The number of amides is 1. The van der Waals surface area contributed by atoms with Crippen LogP contribution in [0.15, 0.2) is 60.0 Å². The van der Waals surface area contributed by atoms with Gasteiger partial charge in [-0.2, -0.15) is 4.98 Å². The summed E-state index contributed by atoms with van der Waals surface area (Å²) in [6, 6.07) is 15.9. The van der Waals surface area contributed by atoms with Crippen molar-refractivity contribution in [2.75, 3.05) is 12.4 Å². The zero-order valence-corrected chi connectivity index (χ0v) is 18.7. The fraction of sp³-hybridized carbons (Fsp3) is 0.208. The number of aromatic nitrogens is 3. The van der Waals surface area contributed by atoms with Crippen LogP contribution in [0, 0.1) is 0 Å². The van der Waals surface area contributed by atoms with Gasteiger partial charge in [0.05, 0.1) is 12.8 Å². The maximum absolute atomic E-state index is 12.3. The molecule has 0 saturated carbocycles. The fourth-order valence-corrected chi connectivity index (χ4v) is 3.96. The lowest BCUT2D eigenvalue weighted by molar-refractivity contribution is -0.111. The summed E-state index contributed by atoms with van der Waals surface area (Å²) in [6.07, 6.45) is 3.27. The number of benzene rings is 2. The van der Waals surface area contributed by atoms with E-state index < -0.39 is 0 Å². The Balaban J connectivity index is 1.48. The Morgan fingerprint density at radius 2 is 1.94 bits per heavy atom. The molecule has 7 heteroatoms. The predicted molar refractivity (Wildman–Crippen MR) is 126 cm³/mol. The molecule has 1 N–H and O–H groups in total. The van der Waals surface area contributed by atoms with Gasteiger partial charge in [0.15, 0.2) is 0 Å². The van der Waals surface area contributed by atoms with Crippen LogP contribution in [-0.2, 0) is 10.2 Å². The van der Waals surface area contributed by atoms with Gasteiger partial charge in [-0.25, -0.2) is 4.52 Å². The zero-order valence-electron chi connectivity index (χ0n) is 17.9. The van der Waals surface area contributed by atoms with E-state index in [1.165, 1.54) is 23.0 Å². The van der Waals surface area contributed by atoms with Gasteiger partial charge in [0.1, 0.15) is 5.75 Å². The number of nitrogens with one attached hydrogen (secondary N) is 1. The van der Waals surface area contributed by atoms with E-state index in [9.17, 15) is 4.79 Å². The van der Waals surface area contributed by atoms with E-state index in [-0.39, 0.29) is 17.3 Å². The maximum atomic E-state index is 12.3. The molecule has 6 nitrogen and oxygen atoms in total. The van der Waals surface area contributed by atoms with Gasteiger partial charge in [-0.3, -0.25) is 10.1 Å². The fourth-order valence-electron chi connectivity index (χ4n) is 3.13. The number of methoxy groups -OCH3 is 1. The van der Waals surface area contributed by atoms with E-state index in [1.807, 2.05) is 41.8 Å². The van der Waals surface area contributed by atoms with Crippen molar-refractivity contribution in [3.63, 3.8) is 0 Å². The highest BCUT2D eigenvalue weighted by molar-refractivity contribution is 7.15. The Morgan fingerprint density at radius 1 is 1.16 bits per heavy atom. The van der Waals surface area contributed by atoms with Crippen molar-refractivity contribution in [1.82, 2.24) is 14.6 Å². The predicted octanol–water partition coefficient (Wildman–Crippen LogP) is 5.42. The van der Waals surface area contributed by atoms with Crippen molar-refractivity contribution in [2.24, 2.45) is 0 Å². The van der Waals surface area contributed by atoms with Crippen molar-refractivity contribution in [2.45, 2.75) is 26.2 Å². The smallest absolute Gasteiger partial charge is 0.250 e. The maximum Gasteiger partial charge on any atom is 0.250 e. The van der Waals surface area contributed by atoms with Crippen LogP contribution in [0.4, 0.5) is 5.95 Å². The van der Waals surface area contributed by atoms with E-state index in [0.717, 1.165) is 22.6 Å². The second kappa shape index (κ2) is 8.35. The first-order valence-electron chi connectivity index (χ1n) is 9.92. The van der Waals surface area contributed by atoms with Crippen LogP contribution in [-0.4, -0.2) is 27.6 Å². The van der Waals surface area contributed by atoms with E-state index in [4.69, 9.17) is 4.74 Å². The van der Waals surface area contributed by atoms with Crippen LogP contribution in [0.3, 0.4) is 0 Å². The van der Waals surface area contributed by atoms with Crippen molar-refractivity contribution in [3.05, 3.63) is 71.1 Å². The van der Waals surface area contributed by atoms with E-state index >= 15 is 0 Å². The van der Waals surface area contributed by atoms with Crippen LogP contribution < -0.4 is 10.1 Å². The first-order chi connectivity index (χ1) is 14.8. The molecule has 4 aromatic rings. The zero-order chi connectivity index (χ0) is 22.0. The van der Waals surface area contributed by atoms with Gasteiger partial charge in [0, 0.05) is 17.0 Å². The van der Waals surface area contributed by atoms with E-state index in [0.29, 0.717) is 4.96 Å². The molecule has 0 saturated heterocycles. The number of hydrogen-bond acceptors (Lipinski definition) is 5. The number of fused-ring (bicyclic) bond motifs is 1. The second-order valence-electron chi connectivity index (χ2n) is 8.18. The molecule has 2 heterocycles. The van der Waals surface area contributed by atoms with Gasteiger partial charge in [-0.1, -0.05) is 57.2 Å². The Hall–Kier alpha value is -3.45. The third-order valence-electron chi connectivity index (χ3n) is 4.89. The lowest BCUT2D eigenvalue weighted by Gasteiger charge is -2.18. The number of hydrogen-bond donors (Lipinski definition) is 1. The van der Waals surface area contributed by atoms with Gasteiger partial charge >= 0.3 is 0 Å². The van der Waals surface area contributed by atoms with Crippen LogP contribution in [0.25, 0.3) is 22.3 Å². The molecule has 0 atom stereocenters. The van der Waals surface area contributed by atoms with Gasteiger partial charge in [0.2, 0.25) is 4.96 Å². The SMILES string of the molecule is COc1cccc(-c2csc3nc(NC(=O)/C=C/c4ccc(C(C)(C)C)cc4)nn23)c1. The van der Waals surface area contributed by atoms with Crippen molar-refractivity contribution in [3.8, 4) is 17.0 Å². The molecule has 0 aliphatic rings. The number of nitrogens with zero attached hydrogens (tertiary/aromatic N) is 3. The number of anilines is 1. The number of carbonyl (C=O) groups excluding carboxylic acids is 1. The summed E-state index contributed by atoms with van der Waals surface area (Å²) >= 11 is 1.46. The molecule has 158 valence electrons. The molecule has 0 spiro atoms. The molecule has 31 heavy (non-hydrogen) atoms. The van der Waals surface area contributed by atoms with Crippen LogP contribution in [0.2, 0.25) is 0 Å². The molecule has 0 radical (unpaired) electrons. The molecular weight excluding hydrogens is 408 g/mol. The molecular formula is C24H24N4O2S. The summed E-state index contributed by atoms with van der Waals surface area (Å²) in [5, 5.41) is 9.17. The Morgan fingerprint density at radius 3 is 2.65 bits per heavy atom. The highest BCUT2D eigenvalue weighted by Crippen LogP contribution is 2.28. The number of rotatable bonds is 5. The van der Waals surface area contributed by atoms with Crippen LogP contribution in [0.5, 0.6) is 5.75 Å². The molecule has 0 aliphatic heterocycles. The van der Waals surface area contributed by atoms with Gasteiger partial charge in [-0.05, 0) is 34.8 Å². The average Bonchev–Trinajstić information content (AvgIpc) is 3.32. The summed E-state index contributed by atoms with van der Waals surface area (Å²) in [5.41, 5.74) is 4.17. The topological polar surface area (TPSA) is 68.5 Å². The van der Waals surface area contributed by atoms with E-state index in [1.54, 1.807) is 17.7 Å². The number of ether oxygens (including phenoxy) is 1. The first-order valence-corrected chi connectivity index (χ1v) is 10.8. The summed E-state index contributed by atoms with van der Waals surface area (Å²) in [7, 11) is 1.64. The highest BCUT2D eigenvalue weighted by atomic mass is 32.1. The van der Waals surface area contributed by atoms with Crippen molar-refractivity contribution >= 4 is 34.2 Å². The summed E-state index contributed by atoms with van der Waals surface area (Å²) in [5.74, 6) is 0.765. The lowest BCUT2D eigenvalue weighted by atomic mass is 9.87. The Labute approximate surface area is 185 Å². The largest absolute Gasteiger partial charge is 0.497 e. The third-order valence-corrected chi connectivity index (χ3v) is 5.70. The van der Waals surface area contributed by atoms with Crippen LogP contribution in [0.1, 0.15) is 31.9 Å². The minimum atomic E-state index is -0.277. The van der Waals surface area contributed by atoms with Crippen molar-refractivity contribution in [1.29, 1.82) is 0 Å². The van der Waals surface area contributed by atoms with Gasteiger partial charge < -0.3 is 4.74 Å². The second-order valence-corrected chi connectivity index (χ2v) is 9.01. The van der Waals surface area contributed by atoms with Crippen molar-refractivity contribution < 1.29 is 9.53 Å². The normalized spacial score (nSPS) is 11.9. The molecule has 4 rings (SSSR count). The van der Waals surface area contributed by atoms with Gasteiger partial charge in [0.25, 0.3) is 11.9 Å². The van der Waals surface area contributed by atoms with Gasteiger partial charge in [-0.15, -0.1) is 16.4 Å². The molecule has 0 unspecified atom stereocenters. The monoisotopic (exact) mass is 432 g/mol. The quantitative estimate of drug-likeness (QED) is 0.428. The van der Waals surface area contributed by atoms with Crippen LogP contribution >= 0.6 is 11.3 Å². The first kappa shape index (κ1) is 20.8. The summed E-state index contributed by atoms with van der Waals surface area (Å²) in [6.45, 7) is 6.52. The Kier molecular flexibility index (Phi) is 5.61. The molecule has 0 bridgehead atoms. The molecule has 2 aromatic heterocycles. The Bertz CT molecular complexity index is 1250. The average molecular weight is 433 g/mol. The lowest BCUT2D eigenvalue weighted by Crippen LogP contribution is -2.10. The van der Waals surface area contributed by atoms with E-state index in [2.05, 4.69) is 48.3 Å². The number of thiazole rings is 1. The molecule has 1 amide bonds. The molecule has 0 fully saturated rings. The molecule has 2 aromatic carbocycles. The third kappa shape index (κ3) is 4.67.